The smallest absolute Gasteiger partial charge is 0.228 e. The van der Waals surface area contributed by atoms with E-state index in [2.05, 4.69) is 0 Å². The molecule has 0 amide bonds. The minimum absolute atomic E-state index is 0.00390. The molecule has 1 aliphatic rings. The van der Waals surface area contributed by atoms with Crippen molar-refractivity contribution in [2.45, 2.75) is 76.6 Å². The molecule has 0 aromatic heterocycles. The van der Waals surface area contributed by atoms with Crippen molar-refractivity contribution in [2.24, 2.45) is 5.92 Å². The molecule has 1 fully saturated rings. The van der Waals surface area contributed by atoms with Crippen LogP contribution >= 0.6 is 22.6 Å². The molecule has 0 saturated heterocycles. The lowest BCUT2D eigenvalue weighted by Gasteiger charge is -2.39. The topological polar surface area (TPSA) is 0 Å². The molecular formula is C15H21F6I. The second-order valence-corrected chi connectivity index (χ2v) is 7.07. The maximum absolute atomic E-state index is 15.1. The molecule has 1 rings (SSSR count). The zero-order valence-electron chi connectivity index (χ0n) is 12.5. The minimum Gasteiger partial charge on any atom is -0.228 e. The van der Waals surface area contributed by atoms with Crippen molar-refractivity contribution in [1.82, 2.24) is 0 Å². The number of halogens is 7. The van der Waals surface area contributed by atoms with E-state index in [-0.39, 0.29) is 22.8 Å². The first-order chi connectivity index (χ1) is 10.2. The van der Waals surface area contributed by atoms with Crippen LogP contribution in [-0.4, -0.2) is 18.3 Å². The van der Waals surface area contributed by atoms with Crippen LogP contribution in [0.25, 0.3) is 0 Å². The average molecular weight is 442 g/mol. The van der Waals surface area contributed by atoms with Crippen molar-refractivity contribution in [3.63, 3.8) is 0 Å². The molecule has 0 aromatic carbocycles. The van der Waals surface area contributed by atoms with E-state index in [1.807, 2.05) is 0 Å². The summed E-state index contributed by atoms with van der Waals surface area (Å²) in [5.74, 6) is -1.41. The van der Waals surface area contributed by atoms with Gasteiger partial charge in [-0.3, -0.25) is 0 Å². The molecular weight excluding hydrogens is 421 g/mol. The van der Waals surface area contributed by atoms with Gasteiger partial charge < -0.3 is 0 Å². The molecule has 22 heavy (non-hydrogen) atoms. The molecule has 130 valence electrons. The van der Waals surface area contributed by atoms with Crippen LogP contribution in [0.3, 0.4) is 0 Å². The quantitative estimate of drug-likeness (QED) is 0.308. The fraction of sp³-hybridized carbons (Fsp3) is 0.867. The molecule has 0 bridgehead atoms. The van der Waals surface area contributed by atoms with Gasteiger partial charge in [0.15, 0.2) is 0 Å². The lowest BCUT2D eigenvalue weighted by molar-refractivity contribution is -0.241. The van der Waals surface area contributed by atoms with Crippen LogP contribution in [-0.2, 0) is 0 Å². The Labute approximate surface area is 140 Å². The van der Waals surface area contributed by atoms with Crippen LogP contribution in [0.5, 0.6) is 0 Å². The standard InChI is InChI=1S/C15H21F6I/c1-2-3-9-11(22)12(13(16)17)14(18,15(19,20)21)10-7-5-4-6-8-10/h10,13H,2-9H2,1H3/b12-11-. The second kappa shape index (κ2) is 8.24. The van der Waals surface area contributed by atoms with Gasteiger partial charge in [-0.2, -0.15) is 13.2 Å². The van der Waals surface area contributed by atoms with E-state index in [9.17, 15) is 22.0 Å². The third kappa shape index (κ3) is 4.32. The van der Waals surface area contributed by atoms with E-state index >= 15 is 4.39 Å². The molecule has 0 aromatic rings. The van der Waals surface area contributed by atoms with Crippen molar-refractivity contribution in [3.8, 4) is 0 Å². The average Bonchev–Trinajstić information content (AvgIpc) is 2.44. The van der Waals surface area contributed by atoms with Crippen LogP contribution in [0.1, 0.15) is 58.3 Å². The van der Waals surface area contributed by atoms with Crippen LogP contribution in [0.15, 0.2) is 9.15 Å². The Kier molecular flexibility index (Phi) is 7.52. The van der Waals surface area contributed by atoms with Crippen molar-refractivity contribution in [3.05, 3.63) is 9.15 Å². The van der Waals surface area contributed by atoms with E-state index in [0.29, 0.717) is 25.7 Å². The number of unbranched alkanes of at least 4 members (excludes halogenated alkanes) is 1. The van der Waals surface area contributed by atoms with Gasteiger partial charge in [-0.1, -0.05) is 32.6 Å². The van der Waals surface area contributed by atoms with Gasteiger partial charge in [0.2, 0.25) is 5.67 Å². The van der Waals surface area contributed by atoms with E-state index in [0.717, 1.165) is 6.42 Å². The molecule has 0 spiro atoms. The summed E-state index contributed by atoms with van der Waals surface area (Å²) >= 11 is 1.46. The normalized spacial score (nSPS) is 21.7. The molecule has 0 N–H and O–H groups in total. The Balaban J connectivity index is 3.32. The largest absolute Gasteiger partial charge is 0.426 e. The van der Waals surface area contributed by atoms with Crippen molar-refractivity contribution in [1.29, 1.82) is 0 Å². The molecule has 1 saturated carbocycles. The molecule has 1 unspecified atom stereocenters. The third-order valence-electron chi connectivity index (χ3n) is 4.23. The predicted octanol–water partition coefficient (Wildman–Crippen LogP) is 6.98. The highest BCUT2D eigenvalue weighted by molar-refractivity contribution is 14.1. The molecule has 0 heterocycles. The lowest BCUT2D eigenvalue weighted by atomic mass is 9.73. The Morgan fingerprint density at radius 1 is 1.09 bits per heavy atom. The third-order valence-corrected chi connectivity index (χ3v) is 5.35. The Bertz CT molecular complexity index is 384. The fourth-order valence-corrected chi connectivity index (χ4v) is 4.05. The van der Waals surface area contributed by atoms with E-state index in [4.69, 9.17) is 0 Å². The molecule has 7 heteroatoms. The highest BCUT2D eigenvalue weighted by Gasteiger charge is 2.64. The highest BCUT2D eigenvalue weighted by Crippen LogP contribution is 2.53. The summed E-state index contributed by atoms with van der Waals surface area (Å²) in [6.45, 7) is 1.81. The Morgan fingerprint density at radius 2 is 1.64 bits per heavy atom. The van der Waals surface area contributed by atoms with Gasteiger partial charge in [-0.15, -0.1) is 0 Å². The number of hydrogen-bond acceptors (Lipinski definition) is 0. The number of allylic oxidation sites excluding steroid dienone is 2. The van der Waals surface area contributed by atoms with E-state index < -0.39 is 29.8 Å². The predicted molar refractivity (Wildman–Crippen MR) is 83.0 cm³/mol. The molecule has 1 atom stereocenters. The number of rotatable bonds is 6. The SMILES string of the molecule is CCCC/C(I)=C(\C(F)F)C(F)(C1CCCCC1)C(F)(F)F. The second-order valence-electron chi connectivity index (χ2n) is 5.77. The van der Waals surface area contributed by atoms with E-state index in [1.54, 1.807) is 6.92 Å². The maximum Gasteiger partial charge on any atom is 0.426 e. The van der Waals surface area contributed by atoms with Gasteiger partial charge in [0.25, 0.3) is 6.43 Å². The summed E-state index contributed by atoms with van der Waals surface area (Å²) in [7, 11) is 0. The van der Waals surface area contributed by atoms with Gasteiger partial charge in [0.1, 0.15) is 0 Å². The first-order valence-corrected chi connectivity index (χ1v) is 8.66. The summed E-state index contributed by atoms with van der Waals surface area (Å²) in [5.41, 5.74) is -5.26. The van der Waals surface area contributed by atoms with Gasteiger partial charge in [0.05, 0.1) is 5.57 Å². The van der Waals surface area contributed by atoms with Gasteiger partial charge in [-0.25, -0.2) is 13.2 Å². The summed E-state index contributed by atoms with van der Waals surface area (Å²) in [4.78, 5) is 0. The lowest BCUT2D eigenvalue weighted by Crippen LogP contribution is -2.51. The van der Waals surface area contributed by atoms with Crippen LogP contribution < -0.4 is 0 Å². The monoisotopic (exact) mass is 442 g/mol. The van der Waals surface area contributed by atoms with Crippen molar-refractivity contribution < 1.29 is 26.3 Å². The molecule has 0 radical (unpaired) electrons. The van der Waals surface area contributed by atoms with Gasteiger partial charge in [0, 0.05) is 5.92 Å². The van der Waals surface area contributed by atoms with Crippen molar-refractivity contribution >= 4 is 22.6 Å². The molecule has 0 aliphatic heterocycles. The highest BCUT2D eigenvalue weighted by atomic mass is 127. The van der Waals surface area contributed by atoms with Crippen LogP contribution in [0.2, 0.25) is 0 Å². The van der Waals surface area contributed by atoms with Crippen LogP contribution in [0, 0.1) is 5.92 Å². The van der Waals surface area contributed by atoms with Crippen LogP contribution in [0.4, 0.5) is 26.3 Å². The number of alkyl halides is 6. The zero-order chi connectivity index (χ0) is 17.0. The molecule has 1 aliphatic carbocycles. The minimum atomic E-state index is -5.32. The number of hydrogen-bond donors (Lipinski definition) is 0. The first-order valence-electron chi connectivity index (χ1n) is 7.59. The summed E-state index contributed by atoms with van der Waals surface area (Å²) in [5, 5.41) is 0. The summed E-state index contributed by atoms with van der Waals surface area (Å²) in [6, 6.07) is 0. The first kappa shape index (κ1) is 20.1. The van der Waals surface area contributed by atoms with Gasteiger partial charge >= 0.3 is 6.18 Å². The Hall–Kier alpha value is 0.0500. The molecule has 0 nitrogen and oxygen atoms in total. The summed E-state index contributed by atoms with van der Waals surface area (Å²) in [6.07, 6.45) is -5.93. The van der Waals surface area contributed by atoms with Gasteiger partial charge in [-0.05, 0) is 51.9 Å². The summed E-state index contributed by atoms with van der Waals surface area (Å²) < 4.78 is 81.9. The zero-order valence-corrected chi connectivity index (χ0v) is 14.6. The Morgan fingerprint density at radius 3 is 2.05 bits per heavy atom. The fourth-order valence-electron chi connectivity index (χ4n) is 3.05. The van der Waals surface area contributed by atoms with E-state index in [1.165, 1.54) is 22.6 Å². The van der Waals surface area contributed by atoms with Crippen molar-refractivity contribution in [2.75, 3.05) is 0 Å². The maximum atomic E-state index is 15.1.